The van der Waals surface area contributed by atoms with Gasteiger partial charge in [0.1, 0.15) is 4.21 Å². The number of hydrogen-bond donors (Lipinski definition) is 4. The van der Waals surface area contributed by atoms with E-state index in [0.717, 1.165) is 28.0 Å². The third kappa shape index (κ3) is 6.05. The predicted molar refractivity (Wildman–Crippen MR) is 119 cm³/mol. The molecule has 0 unspecified atom stereocenters. The van der Waals surface area contributed by atoms with Gasteiger partial charge >= 0.3 is 6.16 Å². The summed E-state index contributed by atoms with van der Waals surface area (Å²) in [5, 5.41) is 24.1. The summed E-state index contributed by atoms with van der Waals surface area (Å²) >= 11 is 7.15. The molecule has 1 saturated carbocycles. The zero-order valence-electron chi connectivity index (χ0n) is 16.1. The Balaban J connectivity index is 0.000000628. The Hall–Kier alpha value is -2.43. The van der Waals surface area contributed by atoms with Crippen LogP contribution in [0.5, 0.6) is 0 Å². The predicted octanol–water partition coefficient (Wildman–Crippen LogP) is 4.62. The third-order valence-electron chi connectivity index (χ3n) is 4.70. The van der Waals surface area contributed by atoms with Gasteiger partial charge in [-0.05, 0) is 47.4 Å². The molecule has 0 bridgehead atoms. The molecule has 1 fully saturated rings. The normalized spacial score (nSPS) is 17.5. The highest BCUT2D eigenvalue weighted by Gasteiger charge is 2.42. The molecule has 0 amide bonds. The van der Waals surface area contributed by atoms with Crippen LogP contribution in [0.3, 0.4) is 0 Å². The summed E-state index contributed by atoms with van der Waals surface area (Å²) in [5.74, 6) is 0.110. The number of benzene rings is 2. The minimum absolute atomic E-state index is 0.0402. The second-order valence-electron chi connectivity index (χ2n) is 6.84. The lowest BCUT2D eigenvalue weighted by Crippen LogP contribution is -2.26. The van der Waals surface area contributed by atoms with Crippen molar-refractivity contribution in [1.29, 1.82) is 0 Å². The fourth-order valence-electron chi connectivity index (χ4n) is 3.20. The highest BCUT2D eigenvalue weighted by atomic mass is 35.5. The number of aliphatic hydroxyl groups is 1. The molecule has 2 atom stereocenters. The monoisotopic (exact) mass is 481 g/mol. The molecular weight excluding hydrogens is 462 g/mol. The Kier molecular flexibility index (Phi) is 7.34. The van der Waals surface area contributed by atoms with E-state index in [-0.39, 0.29) is 18.6 Å². The molecule has 10 heteroatoms. The van der Waals surface area contributed by atoms with Gasteiger partial charge in [0.05, 0.1) is 6.61 Å². The van der Waals surface area contributed by atoms with Crippen molar-refractivity contribution in [2.75, 3.05) is 0 Å². The minimum Gasteiger partial charge on any atom is -0.450 e. The van der Waals surface area contributed by atoms with E-state index in [1.807, 2.05) is 42.5 Å². The van der Waals surface area contributed by atoms with Gasteiger partial charge in [0.15, 0.2) is 0 Å². The van der Waals surface area contributed by atoms with E-state index in [2.05, 4.69) is 4.72 Å². The summed E-state index contributed by atoms with van der Waals surface area (Å²) in [6.07, 6.45) is -1.09. The molecule has 1 aliphatic rings. The van der Waals surface area contributed by atoms with Crippen molar-refractivity contribution in [2.24, 2.45) is 0 Å². The molecule has 0 spiro atoms. The number of rotatable bonds is 6. The summed E-state index contributed by atoms with van der Waals surface area (Å²) in [7, 11) is -3.57. The fraction of sp³-hybridized carbons (Fsp3) is 0.190. The Labute approximate surface area is 188 Å². The number of carbonyl (C=O) groups is 1. The smallest absolute Gasteiger partial charge is 0.450 e. The molecular formula is C21H20ClNO6S2. The van der Waals surface area contributed by atoms with Crippen LogP contribution in [-0.4, -0.2) is 35.9 Å². The van der Waals surface area contributed by atoms with Crippen molar-refractivity contribution in [2.45, 2.75) is 29.2 Å². The first-order valence-corrected chi connectivity index (χ1v) is 11.9. The van der Waals surface area contributed by atoms with Gasteiger partial charge in [-0.1, -0.05) is 48.0 Å². The quantitative estimate of drug-likeness (QED) is 0.407. The topological polar surface area (TPSA) is 124 Å². The fourth-order valence-corrected chi connectivity index (χ4v) is 5.94. The lowest BCUT2D eigenvalue weighted by Gasteiger charge is -2.08. The van der Waals surface area contributed by atoms with E-state index in [0.29, 0.717) is 9.23 Å². The molecule has 1 heterocycles. The molecule has 7 nitrogen and oxygen atoms in total. The van der Waals surface area contributed by atoms with Crippen LogP contribution in [-0.2, 0) is 16.6 Å². The van der Waals surface area contributed by atoms with E-state index in [1.54, 1.807) is 18.2 Å². The van der Waals surface area contributed by atoms with Gasteiger partial charge in [-0.2, -0.15) is 0 Å². The van der Waals surface area contributed by atoms with Crippen molar-refractivity contribution >= 4 is 39.1 Å². The van der Waals surface area contributed by atoms with Gasteiger partial charge in [-0.25, -0.2) is 17.9 Å². The summed E-state index contributed by atoms with van der Waals surface area (Å²) < 4.78 is 28.6. The lowest BCUT2D eigenvalue weighted by molar-refractivity contribution is 0.137. The first kappa shape index (κ1) is 23.2. The Morgan fingerprint density at radius 2 is 1.71 bits per heavy atom. The maximum atomic E-state index is 12.7. The zero-order chi connectivity index (χ0) is 22.6. The first-order valence-electron chi connectivity index (χ1n) is 9.20. The van der Waals surface area contributed by atoms with Crippen molar-refractivity contribution in [3.63, 3.8) is 0 Å². The molecule has 4 N–H and O–H groups in total. The van der Waals surface area contributed by atoms with Crippen molar-refractivity contribution in [1.82, 2.24) is 4.72 Å². The molecule has 0 radical (unpaired) electrons. The highest BCUT2D eigenvalue weighted by molar-refractivity contribution is 7.91. The summed E-state index contributed by atoms with van der Waals surface area (Å²) in [6, 6.07) is 18.3. The minimum atomic E-state index is -3.57. The standard InChI is InChI=1S/C20H18ClNO3S2.CH2O3/c21-15-7-5-13(6-8-15)19-9-10-20(26-19)27(24,25)22-18-11-17(18)16-4-2-1-3-14(16)12-23;2-1(3)4/h1-10,17-18,22-23H,11-12H2;(H2,2,3,4)/t17-,18+;/m1./s1. The maximum Gasteiger partial charge on any atom is 0.503 e. The number of sulfonamides is 1. The lowest BCUT2D eigenvalue weighted by atomic mass is 10.0. The second-order valence-corrected chi connectivity index (χ2v) is 10.3. The summed E-state index contributed by atoms with van der Waals surface area (Å²) in [5.41, 5.74) is 2.80. The molecule has 0 aliphatic heterocycles. The van der Waals surface area contributed by atoms with Gasteiger partial charge in [-0.15, -0.1) is 11.3 Å². The average Bonchev–Trinajstić information content (AvgIpc) is 3.27. The SMILES string of the molecule is O=C(O)O.O=S(=O)(N[C@H]1C[C@@H]1c1ccccc1CO)c1ccc(-c2ccc(Cl)cc2)s1. The number of thiophene rings is 1. The molecule has 0 saturated heterocycles. The van der Waals surface area contributed by atoms with Crippen LogP contribution >= 0.6 is 22.9 Å². The Morgan fingerprint density at radius 1 is 1.06 bits per heavy atom. The zero-order valence-corrected chi connectivity index (χ0v) is 18.5. The first-order chi connectivity index (χ1) is 14.7. The Bertz CT molecular complexity index is 1160. The molecule has 1 aliphatic carbocycles. The van der Waals surface area contributed by atoms with E-state index in [4.69, 9.17) is 26.6 Å². The highest BCUT2D eigenvalue weighted by Crippen LogP contribution is 2.43. The number of carboxylic acid groups (broad SMARTS) is 2. The molecule has 3 aromatic rings. The number of halogens is 1. The van der Waals surface area contributed by atoms with E-state index < -0.39 is 16.2 Å². The molecule has 31 heavy (non-hydrogen) atoms. The van der Waals surface area contributed by atoms with E-state index in [9.17, 15) is 13.5 Å². The van der Waals surface area contributed by atoms with E-state index >= 15 is 0 Å². The van der Waals surface area contributed by atoms with Crippen LogP contribution in [0, 0.1) is 0 Å². The van der Waals surface area contributed by atoms with Crippen molar-refractivity contribution < 1.29 is 28.5 Å². The Morgan fingerprint density at radius 3 is 2.35 bits per heavy atom. The average molecular weight is 482 g/mol. The van der Waals surface area contributed by atoms with Gasteiger partial charge in [0.25, 0.3) is 0 Å². The number of nitrogens with one attached hydrogen (secondary N) is 1. The van der Waals surface area contributed by atoms with Crippen LogP contribution in [0.2, 0.25) is 5.02 Å². The van der Waals surface area contributed by atoms with E-state index in [1.165, 1.54) is 11.3 Å². The number of aliphatic hydroxyl groups excluding tert-OH is 1. The molecule has 2 aromatic carbocycles. The van der Waals surface area contributed by atoms with Crippen molar-refractivity contribution in [3.05, 3.63) is 76.8 Å². The van der Waals surface area contributed by atoms with Gasteiger partial charge in [0.2, 0.25) is 10.0 Å². The largest absolute Gasteiger partial charge is 0.503 e. The van der Waals surface area contributed by atoms with Gasteiger partial charge in [-0.3, -0.25) is 0 Å². The van der Waals surface area contributed by atoms with Gasteiger partial charge < -0.3 is 15.3 Å². The van der Waals surface area contributed by atoms with Crippen LogP contribution < -0.4 is 4.72 Å². The molecule has 164 valence electrons. The molecule has 1 aromatic heterocycles. The van der Waals surface area contributed by atoms with Crippen LogP contribution in [0.1, 0.15) is 23.5 Å². The second kappa shape index (κ2) is 9.80. The van der Waals surface area contributed by atoms with Crippen molar-refractivity contribution in [3.8, 4) is 10.4 Å². The third-order valence-corrected chi connectivity index (χ3v) is 8.06. The molecule has 4 rings (SSSR count). The van der Waals surface area contributed by atoms with Crippen LogP contribution in [0.4, 0.5) is 4.79 Å². The maximum absolute atomic E-state index is 12.7. The van der Waals surface area contributed by atoms with Crippen LogP contribution in [0.15, 0.2) is 64.9 Å². The van der Waals surface area contributed by atoms with Crippen LogP contribution in [0.25, 0.3) is 10.4 Å². The number of hydrogen-bond acceptors (Lipinski definition) is 5. The summed E-state index contributed by atoms with van der Waals surface area (Å²) in [6.45, 7) is -0.0402. The summed E-state index contributed by atoms with van der Waals surface area (Å²) in [4.78, 5) is 9.44. The van der Waals surface area contributed by atoms with Gasteiger partial charge in [0, 0.05) is 21.9 Å².